The van der Waals surface area contributed by atoms with Crippen LogP contribution in [0.3, 0.4) is 0 Å². The Bertz CT molecular complexity index is 856. The number of alkyl halides is 3. The average Bonchev–Trinajstić information content (AvgIpc) is 2.93. The van der Waals surface area contributed by atoms with Gasteiger partial charge in [0.2, 0.25) is 0 Å². The van der Waals surface area contributed by atoms with Crippen molar-refractivity contribution in [3.05, 3.63) is 53.1 Å². The predicted molar refractivity (Wildman–Crippen MR) is 92.8 cm³/mol. The summed E-state index contributed by atoms with van der Waals surface area (Å²) in [5, 5.41) is 9.47. The quantitative estimate of drug-likeness (QED) is 0.833. The minimum Gasteiger partial charge on any atom is -0.508 e. The van der Waals surface area contributed by atoms with Crippen LogP contribution in [0.1, 0.15) is 37.5 Å². The summed E-state index contributed by atoms with van der Waals surface area (Å²) >= 11 is 0. The molecule has 0 amide bonds. The van der Waals surface area contributed by atoms with Crippen LogP contribution in [0, 0.1) is 0 Å². The van der Waals surface area contributed by atoms with Crippen molar-refractivity contribution in [2.24, 2.45) is 4.99 Å². The molecule has 0 saturated heterocycles. The summed E-state index contributed by atoms with van der Waals surface area (Å²) in [7, 11) is 0. The van der Waals surface area contributed by atoms with Crippen molar-refractivity contribution in [3.8, 4) is 16.9 Å². The molecule has 1 aliphatic heterocycles. The maximum atomic E-state index is 13.5. The molecule has 26 heavy (non-hydrogen) atoms. The fraction of sp³-hybridized carbons (Fsp3) is 0.316. The van der Waals surface area contributed by atoms with Gasteiger partial charge in [-0.2, -0.15) is 13.2 Å². The van der Waals surface area contributed by atoms with E-state index in [1.54, 1.807) is 26.0 Å². The first kappa shape index (κ1) is 18.3. The van der Waals surface area contributed by atoms with Crippen LogP contribution < -0.4 is 5.48 Å². The molecule has 0 spiro atoms. The molecule has 3 rings (SSSR count). The van der Waals surface area contributed by atoms with E-state index in [-0.39, 0.29) is 11.6 Å². The molecule has 0 aliphatic carbocycles. The molecule has 4 nitrogen and oxygen atoms in total. The molecule has 0 unspecified atom stereocenters. The molecule has 7 heteroatoms. The summed E-state index contributed by atoms with van der Waals surface area (Å²) in [5.74, 6) is 0.328. The second kappa shape index (κ2) is 6.32. The normalized spacial score (nSPS) is 16.3. The minimum atomic E-state index is -4.50. The zero-order valence-electron chi connectivity index (χ0n) is 14.6. The third-order valence-corrected chi connectivity index (χ3v) is 4.14. The summed E-state index contributed by atoms with van der Waals surface area (Å²) in [4.78, 5) is 9.67. The maximum Gasteiger partial charge on any atom is 0.416 e. The zero-order valence-corrected chi connectivity index (χ0v) is 14.6. The van der Waals surface area contributed by atoms with E-state index in [0.717, 1.165) is 17.7 Å². The van der Waals surface area contributed by atoms with Gasteiger partial charge in [0.05, 0.1) is 5.56 Å². The molecule has 0 aromatic heterocycles. The van der Waals surface area contributed by atoms with Crippen molar-refractivity contribution in [1.29, 1.82) is 0 Å². The molecule has 0 saturated carbocycles. The highest BCUT2D eigenvalue weighted by Gasteiger charge is 2.34. The van der Waals surface area contributed by atoms with E-state index in [1.807, 2.05) is 6.92 Å². The number of amidine groups is 1. The van der Waals surface area contributed by atoms with E-state index >= 15 is 0 Å². The molecular formula is C19H19F3N2O2. The van der Waals surface area contributed by atoms with E-state index < -0.39 is 17.5 Å². The summed E-state index contributed by atoms with van der Waals surface area (Å²) in [5.41, 5.74) is 3.15. The van der Waals surface area contributed by atoms with Crippen LogP contribution in [-0.4, -0.2) is 16.7 Å². The number of phenolic OH excluding ortho intramolecular Hbond substituents is 1. The van der Waals surface area contributed by atoms with Crippen LogP contribution in [0.4, 0.5) is 13.2 Å². The lowest BCUT2D eigenvalue weighted by molar-refractivity contribution is -0.137. The van der Waals surface area contributed by atoms with E-state index in [0.29, 0.717) is 23.1 Å². The Balaban J connectivity index is 2.26. The molecule has 0 atom stereocenters. The Labute approximate surface area is 149 Å². The van der Waals surface area contributed by atoms with Gasteiger partial charge in [-0.3, -0.25) is 0 Å². The predicted octanol–water partition coefficient (Wildman–Crippen LogP) is 4.66. The van der Waals surface area contributed by atoms with Gasteiger partial charge in [0, 0.05) is 5.56 Å². The first-order valence-corrected chi connectivity index (χ1v) is 8.18. The molecular weight excluding hydrogens is 345 g/mol. The number of hydrogen-bond donors (Lipinski definition) is 2. The molecule has 0 bridgehead atoms. The van der Waals surface area contributed by atoms with Gasteiger partial charge in [0.25, 0.3) is 0 Å². The number of aromatic hydroxyl groups is 1. The van der Waals surface area contributed by atoms with Crippen molar-refractivity contribution in [1.82, 2.24) is 5.48 Å². The van der Waals surface area contributed by atoms with Crippen molar-refractivity contribution < 1.29 is 23.1 Å². The largest absolute Gasteiger partial charge is 0.508 e. The Hall–Kier alpha value is -2.54. The van der Waals surface area contributed by atoms with Crippen molar-refractivity contribution in [2.45, 2.75) is 39.1 Å². The number of benzene rings is 2. The van der Waals surface area contributed by atoms with E-state index in [9.17, 15) is 18.3 Å². The minimum absolute atomic E-state index is 0.0518. The van der Waals surface area contributed by atoms with Crippen LogP contribution in [-0.2, 0) is 17.4 Å². The second-order valence-electron chi connectivity index (χ2n) is 6.56. The Morgan fingerprint density at radius 2 is 1.73 bits per heavy atom. The number of rotatable bonds is 3. The van der Waals surface area contributed by atoms with Gasteiger partial charge < -0.3 is 5.11 Å². The van der Waals surface area contributed by atoms with Crippen LogP contribution in [0.2, 0.25) is 0 Å². The SMILES string of the molecule is CCc1c(C2=NC(C)(C)ON2)cc(C(F)(F)F)cc1-c1ccc(O)cc1. The summed E-state index contributed by atoms with van der Waals surface area (Å²) < 4.78 is 40.4. The fourth-order valence-electron chi connectivity index (χ4n) is 2.93. The summed E-state index contributed by atoms with van der Waals surface area (Å²) in [6.45, 7) is 5.30. The third kappa shape index (κ3) is 3.53. The molecule has 138 valence electrons. The maximum absolute atomic E-state index is 13.5. The van der Waals surface area contributed by atoms with E-state index in [2.05, 4.69) is 10.5 Å². The Morgan fingerprint density at radius 3 is 2.23 bits per heavy atom. The number of halogens is 3. The molecule has 2 aromatic rings. The lowest BCUT2D eigenvalue weighted by Gasteiger charge is -2.18. The highest BCUT2D eigenvalue weighted by molar-refractivity contribution is 6.02. The van der Waals surface area contributed by atoms with Gasteiger partial charge in [-0.1, -0.05) is 19.1 Å². The van der Waals surface area contributed by atoms with Gasteiger partial charge in [-0.25, -0.2) is 15.3 Å². The zero-order chi connectivity index (χ0) is 19.1. The molecule has 1 aliphatic rings. The van der Waals surface area contributed by atoms with Crippen molar-refractivity contribution >= 4 is 5.84 Å². The van der Waals surface area contributed by atoms with Crippen molar-refractivity contribution in [3.63, 3.8) is 0 Å². The lowest BCUT2D eigenvalue weighted by atomic mass is 9.90. The standard InChI is InChI=1S/C19H19F3N2O2/c1-4-14-15(11-5-7-13(25)8-6-11)9-12(19(20,21)22)10-16(14)17-23-18(2,3)26-24-17/h5-10,25H,4H2,1-3H3,(H,23,24). The second-order valence-corrected chi connectivity index (χ2v) is 6.56. The number of nitrogens with one attached hydrogen (secondary N) is 1. The van der Waals surface area contributed by atoms with Crippen LogP contribution in [0.5, 0.6) is 5.75 Å². The van der Waals surface area contributed by atoms with Crippen LogP contribution in [0.15, 0.2) is 41.4 Å². The lowest BCUT2D eigenvalue weighted by Crippen LogP contribution is -2.24. The summed E-state index contributed by atoms with van der Waals surface area (Å²) in [6, 6.07) is 8.32. The van der Waals surface area contributed by atoms with E-state index in [1.165, 1.54) is 12.1 Å². The Kier molecular flexibility index (Phi) is 4.44. The molecule has 0 fully saturated rings. The number of phenols is 1. The van der Waals surface area contributed by atoms with Crippen LogP contribution in [0.25, 0.3) is 11.1 Å². The number of hydroxylamine groups is 1. The van der Waals surface area contributed by atoms with Gasteiger partial charge in [0.1, 0.15) is 5.75 Å². The van der Waals surface area contributed by atoms with Gasteiger partial charge in [0.15, 0.2) is 11.6 Å². The topological polar surface area (TPSA) is 53.8 Å². The van der Waals surface area contributed by atoms with Crippen molar-refractivity contribution in [2.75, 3.05) is 0 Å². The van der Waals surface area contributed by atoms with Gasteiger partial charge >= 0.3 is 6.18 Å². The monoisotopic (exact) mass is 364 g/mol. The van der Waals surface area contributed by atoms with Gasteiger partial charge in [-0.05, 0) is 61.2 Å². The Morgan fingerprint density at radius 1 is 1.12 bits per heavy atom. The molecule has 1 heterocycles. The van der Waals surface area contributed by atoms with E-state index in [4.69, 9.17) is 4.84 Å². The highest BCUT2D eigenvalue weighted by atomic mass is 19.4. The summed E-state index contributed by atoms with van der Waals surface area (Å²) in [6.07, 6.45) is -3.99. The molecule has 0 radical (unpaired) electrons. The highest BCUT2D eigenvalue weighted by Crippen LogP contribution is 2.37. The number of aliphatic imine (C=N–C) groups is 1. The first-order valence-electron chi connectivity index (χ1n) is 8.18. The first-order chi connectivity index (χ1) is 12.1. The van der Waals surface area contributed by atoms with Crippen LogP contribution >= 0.6 is 0 Å². The molecule has 2 aromatic carbocycles. The third-order valence-electron chi connectivity index (χ3n) is 4.14. The average molecular weight is 364 g/mol. The number of hydrogen-bond acceptors (Lipinski definition) is 4. The van der Waals surface area contributed by atoms with Gasteiger partial charge in [-0.15, -0.1) is 0 Å². The molecule has 2 N–H and O–H groups in total. The number of nitrogens with zero attached hydrogens (tertiary/aromatic N) is 1. The smallest absolute Gasteiger partial charge is 0.416 e. The fourth-order valence-corrected chi connectivity index (χ4v) is 2.93.